The van der Waals surface area contributed by atoms with E-state index in [9.17, 15) is 31.2 Å². The number of pyridine rings is 1. The maximum atomic E-state index is 13.2. The molecule has 0 bridgehead atoms. The van der Waals surface area contributed by atoms with Gasteiger partial charge in [0.25, 0.3) is 21.5 Å². The molecule has 0 saturated heterocycles. The molecule has 2 aromatic carbocycles. The normalized spacial score (nSPS) is 11.7. The Morgan fingerprint density at radius 3 is 2.36 bits per heavy atom. The van der Waals surface area contributed by atoms with E-state index >= 15 is 0 Å². The third-order valence-electron chi connectivity index (χ3n) is 5.67. The van der Waals surface area contributed by atoms with Crippen LogP contribution in [0, 0.1) is 6.92 Å². The summed E-state index contributed by atoms with van der Waals surface area (Å²) in [7, 11) is -2.85. The smallest absolute Gasteiger partial charge is 0.283 e. The average Bonchev–Trinajstić information content (AvgIpc) is 3.10. The van der Waals surface area contributed by atoms with Gasteiger partial charge in [-0.3, -0.25) is 29.8 Å². The van der Waals surface area contributed by atoms with E-state index in [2.05, 4.69) is 20.6 Å². The number of benzene rings is 2. The third-order valence-corrected chi connectivity index (χ3v) is 7.50. The topological polar surface area (TPSA) is 127 Å². The van der Waals surface area contributed by atoms with Gasteiger partial charge in [-0.15, -0.1) is 0 Å². The van der Waals surface area contributed by atoms with Crippen LogP contribution in [0.4, 0.5) is 24.7 Å². The third kappa shape index (κ3) is 5.76. The molecule has 10 nitrogen and oxygen atoms in total. The van der Waals surface area contributed by atoms with Gasteiger partial charge in [0.15, 0.2) is 0 Å². The highest BCUT2D eigenvalue weighted by molar-refractivity contribution is 7.92. The maximum absolute atomic E-state index is 13.2. The van der Waals surface area contributed by atoms with E-state index in [0.717, 1.165) is 18.2 Å². The lowest BCUT2D eigenvalue weighted by molar-refractivity contribution is -0.137. The fraction of sp³-hybridized carbons (Fsp3) is 0.125. The lowest BCUT2D eigenvalue weighted by Gasteiger charge is -2.12. The molecule has 0 saturated carbocycles. The Morgan fingerprint density at radius 1 is 1.05 bits per heavy atom. The monoisotopic (exact) mass is 580 g/mol. The molecule has 204 valence electrons. The summed E-state index contributed by atoms with van der Waals surface area (Å²) in [5, 5.41) is -0.214. The second kappa shape index (κ2) is 10.5. The van der Waals surface area contributed by atoms with Gasteiger partial charge < -0.3 is 0 Å². The summed E-state index contributed by atoms with van der Waals surface area (Å²) in [6, 6.07) is 13.8. The number of nitrogens with one attached hydrogen (secondary N) is 3. The van der Waals surface area contributed by atoms with Gasteiger partial charge in [-0.25, -0.2) is 18.1 Å². The summed E-state index contributed by atoms with van der Waals surface area (Å²) in [6.45, 7) is 1.56. The molecule has 39 heavy (non-hydrogen) atoms. The number of hydrazine groups is 1. The van der Waals surface area contributed by atoms with Crippen molar-refractivity contribution < 1.29 is 26.4 Å². The lowest BCUT2D eigenvalue weighted by Crippen LogP contribution is -2.30. The highest BCUT2D eigenvalue weighted by Gasteiger charge is 2.30. The largest absolute Gasteiger partial charge is 0.417 e. The van der Waals surface area contributed by atoms with Crippen LogP contribution in [0.15, 0.2) is 76.6 Å². The Labute approximate surface area is 225 Å². The number of sulfonamides is 1. The van der Waals surface area contributed by atoms with Gasteiger partial charge >= 0.3 is 6.18 Å². The predicted molar refractivity (Wildman–Crippen MR) is 138 cm³/mol. The van der Waals surface area contributed by atoms with E-state index in [-0.39, 0.29) is 22.1 Å². The van der Waals surface area contributed by atoms with Crippen LogP contribution >= 0.6 is 11.6 Å². The summed E-state index contributed by atoms with van der Waals surface area (Å²) in [5.74, 6) is -0.916. The molecule has 0 unspecified atom stereocenters. The predicted octanol–water partition coefficient (Wildman–Crippen LogP) is 4.11. The van der Waals surface area contributed by atoms with Gasteiger partial charge in [-0.1, -0.05) is 29.8 Å². The van der Waals surface area contributed by atoms with Crippen LogP contribution in [0.2, 0.25) is 5.02 Å². The molecule has 1 amide bonds. The van der Waals surface area contributed by atoms with Gasteiger partial charge in [0.2, 0.25) is 0 Å². The Morgan fingerprint density at radius 2 is 1.74 bits per heavy atom. The Bertz CT molecular complexity index is 1700. The highest BCUT2D eigenvalue weighted by atomic mass is 35.5. The van der Waals surface area contributed by atoms with E-state index in [1.807, 2.05) is 0 Å². The summed E-state index contributed by atoms with van der Waals surface area (Å²) < 4.78 is 69.6. The quantitative estimate of drug-likeness (QED) is 0.282. The minimum atomic E-state index is -4.57. The number of hydrogen-bond acceptors (Lipinski definition) is 6. The van der Waals surface area contributed by atoms with Crippen LogP contribution in [-0.2, 0) is 23.2 Å². The van der Waals surface area contributed by atoms with Crippen LogP contribution in [-0.4, -0.2) is 28.7 Å². The second-order valence-corrected chi connectivity index (χ2v) is 10.3. The molecule has 2 aromatic heterocycles. The van der Waals surface area contributed by atoms with Crippen LogP contribution in [0.5, 0.6) is 0 Å². The van der Waals surface area contributed by atoms with Gasteiger partial charge in [-0.2, -0.15) is 13.2 Å². The molecule has 4 rings (SSSR count). The van der Waals surface area contributed by atoms with E-state index in [1.165, 1.54) is 21.5 Å². The van der Waals surface area contributed by atoms with Crippen LogP contribution in [0.3, 0.4) is 0 Å². The molecule has 0 aliphatic heterocycles. The molecule has 2 heterocycles. The van der Waals surface area contributed by atoms with Crippen molar-refractivity contribution in [2.24, 2.45) is 7.05 Å². The molecular weight excluding hydrogens is 561 g/mol. The summed E-state index contributed by atoms with van der Waals surface area (Å²) in [5.41, 5.74) is 3.47. The fourth-order valence-electron chi connectivity index (χ4n) is 3.55. The molecule has 3 N–H and O–H groups in total. The van der Waals surface area contributed by atoms with E-state index in [1.54, 1.807) is 44.3 Å². The van der Waals surface area contributed by atoms with E-state index in [4.69, 9.17) is 11.6 Å². The zero-order valence-electron chi connectivity index (χ0n) is 20.2. The van der Waals surface area contributed by atoms with Gasteiger partial charge in [0, 0.05) is 18.8 Å². The van der Waals surface area contributed by atoms with Gasteiger partial charge in [0.05, 0.1) is 22.0 Å². The molecule has 15 heteroatoms. The number of rotatable bonds is 7. The van der Waals surface area contributed by atoms with Crippen LogP contribution < -0.4 is 21.1 Å². The average molecular weight is 581 g/mol. The second-order valence-electron chi connectivity index (χ2n) is 8.20. The first kappa shape index (κ1) is 27.7. The Balaban J connectivity index is 1.57. The number of aromatic nitrogens is 3. The van der Waals surface area contributed by atoms with Crippen molar-refractivity contribution in [1.82, 2.24) is 19.8 Å². The molecule has 0 aliphatic rings. The number of carbonyl (C=O) groups is 1. The number of nitrogens with zero attached hydrogens (tertiary/aromatic N) is 3. The molecule has 0 aliphatic carbocycles. The van der Waals surface area contributed by atoms with Gasteiger partial charge in [0.1, 0.15) is 16.4 Å². The van der Waals surface area contributed by atoms with Crippen molar-refractivity contribution in [2.75, 3.05) is 10.1 Å². The highest BCUT2D eigenvalue weighted by Crippen LogP contribution is 2.29. The molecular formula is C24H20ClF3N6O4S. The first-order valence-electron chi connectivity index (χ1n) is 11.1. The summed E-state index contributed by atoms with van der Waals surface area (Å²) in [4.78, 5) is 28.8. The lowest BCUT2D eigenvalue weighted by atomic mass is 10.2. The zero-order valence-corrected chi connectivity index (χ0v) is 21.8. The fourth-order valence-corrected chi connectivity index (χ4v) is 5.20. The maximum Gasteiger partial charge on any atom is 0.417 e. The number of para-hydroxylation sites is 1. The molecule has 0 spiro atoms. The van der Waals surface area contributed by atoms with E-state index in [0.29, 0.717) is 17.6 Å². The first-order valence-corrected chi connectivity index (χ1v) is 12.9. The van der Waals surface area contributed by atoms with Crippen LogP contribution in [0.1, 0.15) is 21.6 Å². The summed E-state index contributed by atoms with van der Waals surface area (Å²) >= 11 is 6.13. The number of alkyl halides is 3. The van der Waals surface area contributed by atoms with Crippen molar-refractivity contribution >= 4 is 39.0 Å². The zero-order chi connectivity index (χ0) is 28.5. The van der Waals surface area contributed by atoms with E-state index < -0.39 is 38.1 Å². The summed E-state index contributed by atoms with van der Waals surface area (Å²) in [6.07, 6.45) is -3.98. The number of amides is 1. The number of anilines is 2. The number of hydrogen-bond donors (Lipinski definition) is 3. The van der Waals surface area contributed by atoms with Crippen LogP contribution in [0.25, 0.3) is 5.69 Å². The van der Waals surface area contributed by atoms with Crippen molar-refractivity contribution in [3.05, 3.63) is 99.1 Å². The van der Waals surface area contributed by atoms with Gasteiger partial charge in [-0.05, 0) is 49.4 Å². The van der Waals surface area contributed by atoms with Crippen molar-refractivity contribution in [1.29, 1.82) is 0 Å². The standard InChI is InChI=1S/C24H20ClF3N6O4S/c1-14-21(23(36)34(33(14)2)17-6-4-3-5-7-17)32-39(37,38)19-12-15(8-10-18(19)25)22(35)31-30-20-11-9-16(13-29-20)24(26,27)28/h3-13,32H,1-2H3,(H,29,30)(H,31,35). The Kier molecular flexibility index (Phi) is 7.44. The first-order chi connectivity index (χ1) is 18.3. The molecule has 4 aromatic rings. The Hall–Kier alpha value is -4.30. The molecule has 0 fully saturated rings. The van der Waals surface area contributed by atoms with Crippen molar-refractivity contribution in [2.45, 2.75) is 18.0 Å². The minimum Gasteiger partial charge on any atom is -0.283 e. The SMILES string of the molecule is Cc1c(NS(=O)(=O)c2cc(C(=O)NNc3ccc(C(F)(F)F)cn3)ccc2Cl)c(=O)n(-c2ccccc2)n1C. The van der Waals surface area contributed by atoms with Crippen molar-refractivity contribution in [3.63, 3.8) is 0 Å². The minimum absolute atomic E-state index is 0.0888. The van der Waals surface area contributed by atoms with Crippen molar-refractivity contribution in [3.8, 4) is 5.69 Å². The number of carbonyl (C=O) groups excluding carboxylic acids is 1. The number of halogens is 4. The molecule has 0 radical (unpaired) electrons. The molecule has 0 atom stereocenters.